The molecule has 0 saturated carbocycles. The summed E-state index contributed by atoms with van der Waals surface area (Å²) in [5.41, 5.74) is 3.02. The Kier molecular flexibility index (Phi) is 5.54. The molecule has 0 N–H and O–H groups in total. The quantitative estimate of drug-likeness (QED) is 0.792. The first-order valence-corrected chi connectivity index (χ1v) is 7.37. The Morgan fingerprint density at radius 2 is 1.86 bits per heavy atom. The van der Waals surface area contributed by atoms with Crippen LogP contribution in [-0.4, -0.2) is 11.9 Å². The van der Waals surface area contributed by atoms with Crippen LogP contribution in [0.1, 0.15) is 23.6 Å². The molecule has 0 aliphatic heterocycles. The van der Waals surface area contributed by atoms with Gasteiger partial charge in [0.15, 0.2) is 5.78 Å². The van der Waals surface area contributed by atoms with E-state index in [-0.39, 0.29) is 5.78 Å². The SMILES string of the molecule is Cc1cc(CC(=O)C(C)OCc2ccccc2)ccc1Cl. The summed E-state index contributed by atoms with van der Waals surface area (Å²) in [5.74, 6) is 0.0765. The number of ketones is 1. The standard InChI is InChI=1S/C18H19ClO2/c1-13-10-16(8-9-17(13)19)11-18(20)14(2)21-12-15-6-4-3-5-7-15/h3-10,14H,11-12H2,1-2H3. The summed E-state index contributed by atoms with van der Waals surface area (Å²) in [6.07, 6.45) is -0.0466. The Morgan fingerprint density at radius 1 is 1.14 bits per heavy atom. The number of ether oxygens (including phenoxy) is 1. The predicted octanol–water partition coefficient (Wildman–Crippen LogP) is 4.37. The van der Waals surface area contributed by atoms with Crippen molar-refractivity contribution in [2.75, 3.05) is 0 Å². The molecule has 1 atom stereocenters. The number of Topliss-reactive ketones (excluding diaryl/α,β-unsaturated/α-hetero) is 1. The fourth-order valence-electron chi connectivity index (χ4n) is 2.05. The third-order valence-corrected chi connectivity index (χ3v) is 3.82. The zero-order valence-corrected chi connectivity index (χ0v) is 13.1. The lowest BCUT2D eigenvalue weighted by atomic mass is 10.0. The van der Waals surface area contributed by atoms with Crippen LogP contribution in [0.5, 0.6) is 0 Å². The van der Waals surface area contributed by atoms with Crippen molar-refractivity contribution in [1.82, 2.24) is 0 Å². The highest BCUT2D eigenvalue weighted by atomic mass is 35.5. The zero-order chi connectivity index (χ0) is 15.2. The fraction of sp³-hybridized carbons (Fsp3) is 0.278. The molecule has 0 aliphatic carbocycles. The second kappa shape index (κ2) is 7.39. The van der Waals surface area contributed by atoms with Crippen LogP contribution < -0.4 is 0 Å². The summed E-state index contributed by atoms with van der Waals surface area (Å²) < 4.78 is 5.64. The van der Waals surface area contributed by atoms with Crippen LogP contribution in [-0.2, 0) is 22.6 Å². The minimum atomic E-state index is -0.416. The molecule has 0 heterocycles. The van der Waals surface area contributed by atoms with Gasteiger partial charge in [-0.1, -0.05) is 54.1 Å². The fourth-order valence-corrected chi connectivity index (χ4v) is 2.17. The van der Waals surface area contributed by atoms with Gasteiger partial charge in [-0.05, 0) is 36.6 Å². The van der Waals surface area contributed by atoms with Crippen molar-refractivity contribution in [3.05, 3.63) is 70.2 Å². The van der Waals surface area contributed by atoms with Crippen LogP contribution in [0, 0.1) is 6.92 Å². The average Bonchev–Trinajstić information content (AvgIpc) is 2.49. The first-order valence-electron chi connectivity index (χ1n) is 6.99. The van der Waals surface area contributed by atoms with Crippen LogP contribution in [0.2, 0.25) is 5.02 Å². The van der Waals surface area contributed by atoms with E-state index in [1.165, 1.54) is 0 Å². The summed E-state index contributed by atoms with van der Waals surface area (Å²) >= 11 is 5.99. The third kappa shape index (κ3) is 4.69. The number of carbonyl (C=O) groups excluding carboxylic acids is 1. The molecule has 0 saturated heterocycles. The van der Waals surface area contributed by atoms with Crippen molar-refractivity contribution < 1.29 is 9.53 Å². The second-order valence-electron chi connectivity index (χ2n) is 5.17. The largest absolute Gasteiger partial charge is 0.366 e. The van der Waals surface area contributed by atoms with Gasteiger partial charge in [0.05, 0.1) is 6.61 Å². The molecule has 0 amide bonds. The van der Waals surface area contributed by atoms with Crippen LogP contribution in [0.4, 0.5) is 0 Å². The molecule has 2 rings (SSSR count). The molecular weight excluding hydrogens is 284 g/mol. The van der Waals surface area contributed by atoms with Crippen molar-refractivity contribution in [3.63, 3.8) is 0 Å². The molecule has 0 aromatic heterocycles. The molecule has 0 fully saturated rings. The van der Waals surface area contributed by atoms with Crippen molar-refractivity contribution in [1.29, 1.82) is 0 Å². The van der Waals surface area contributed by atoms with E-state index >= 15 is 0 Å². The number of rotatable bonds is 6. The zero-order valence-electron chi connectivity index (χ0n) is 12.3. The average molecular weight is 303 g/mol. The number of hydrogen-bond donors (Lipinski definition) is 0. The van der Waals surface area contributed by atoms with Gasteiger partial charge >= 0.3 is 0 Å². The van der Waals surface area contributed by atoms with E-state index in [0.717, 1.165) is 21.7 Å². The van der Waals surface area contributed by atoms with Crippen molar-refractivity contribution in [2.45, 2.75) is 33.0 Å². The molecule has 2 aromatic rings. The van der Waals surface area contributed by atoms with E-state index in [4.69, 9.17) is 16.3 Å². The molecule has 0 spiro atoms. The third-order valence-electron chi connectivity index (χ3n) is 3.40. The molecular formula is C18H19ClO2. The Labute approximate surface area is 130 Å². The lowest BCUT2D eigenvalue weighted by Gasteiger charge is -2.12. The van der Waals surface area contributed by atoms with E-state index in [1.54, 1.807) is 6.92 Å². The van der Waals surface area contributed by atoms with Gasteiger partial charge in [-0.15, -0.1) is 0 Å². The van der Waals surface area contributed by atoms with Crippen LogP contribution >= 0.6 is 11.6 Å². The van der Waals surface area contributed by atoms with Gasteiger partial charge in [0, 0.05) is 11.4 Å². The van der Waals surface area contributed by atoms with E-state index in [2.05, 4.69) is 0 Å². The van der Waals surface area contributed by atoms with Crippen molar-refractivity contribution >= 4 is 17.4 Å². The number of hydrogen-bond acceptors (Lipinski definition) is 2. The maximum atomic E-state index is 12.2. The highest BCUT2D eigenvalue weighted by Crippen LogP contribution is 2.17. The summed E-state index contributed by atoms with van der Waals surface area (Å²) in [4.78, 5) is 12.2. The maximum absolute atomic E-state index is 12.2. The molecule has 0 aliphatic rings. The smallest absolute Gasteiger partial charge is 0.165 e. The summed E-state index contributed by atoms with van der Waals surface area (Å²) in [6, 6.07) is 15.5. The highest BCUT2D eigenvalue weighted by Gasteiger charge is 2.14. The first-order chi connectivity index (χ1) is 10.1. The lowest BCUT2D eigenvalue weighted by Crippen LogP contribution is -2.22. The molecule has 110 valence electrons. The normalized spacial score (nSPS) is 12.1. The van der Waals surface area contributed by atoms with Gasteiger partial charge in [-0.2, -0.15) is 0 Å². The van der Waals surface area contributed by atoms with Crippen molar-refractivity contribution in [2.24, 2.45) is 0 Å². The molecule has 0 bridgehead atoms. The molecule has 1 unspecified atom stereocenters. The van der Waals surface area contributed by atoms with Gasteiger partial charge in [-0.25, -0.2) is 0 Å². The van der Waals surface area contributed by atoms with Gasteiger partial charge in [0.1, 0.15) is 6.10 Å². The minimum absolute atomic E-state index is 0.0765. The van der Waals surface area contributed by atoms with Gasteiger partial charge in [0.25, 0.3) is 0 Å². The van der Waals surface area contributed by atoms with Crippen LogP contribution in [0.3, 0.4) is 0 Å². The summed E-state index contributed by atoms with van der Waals surface area (Å²) in [7, 11) is 0. The monoisotopic (exact) mass is 302 g/mol. The number of halogens is 1. The number of benzene rings is 2. The van der Waals surface area contributed by atoms with Gasteiger partial charge < -0.3 is 4.74 Å². The minimum Gasteiger partial charge on any atom is -0.366 e. The van der Waals surface area contributed by atoms with E-state index in [9.17, 15) is 4.79 Å². The molecule has 2 aromatic carbocycles. The Morgan fingerprint density at radius 3 is 2.52 bits per heavy atom. The summed E-state index contributed by atoms with van der Waals surface area (Å²) in [6.45, 7) is 4.19. The lowest BCUT2D eigenvalue weighted by molar-refractivity contribution is -0.129. The predicted molar refractivity (Wildman–Crippen MR) is 85.6 cm³/mol. The Bertz CT molecular complexity index is 608. The molecule has 0 radical (unpaired) electrons. The Balaban J connectivity index is 1.89. The number of carbonyl (C=O) groups is 1. The van der Waals surface area contributed by atoms with Crippen molar-refractivity contribution in [3.8, 4) is 0 Å². The van der Waals surface area contributed by atoms with Crippen LogP contribution in [0.15, 0.2) is 48.5 Å². The molecule has 3 heteroatoms. The summed E-state index contributed by atoms with van der Waals surface area (Å²) in [5, 5.41) is 0.722. The topological polar surface area (TPSA) is 26.3 Å². The first kappa shape index (κ1) is 15.7. The van der Waals surface area contributed by atoms with E-state index < -0.39 is 6.10 Å². The van der Waals surface area contributed by atoms with Gasteiger partial charge in [-0.3, -0.25) is 4.79 Å². The second-order valence-corrected chi connectivity index (χ2v) is 5.57. The number of aryl methyl sites for hydroxylation is 1. The van der Waals surface area contributed by atoms with Crippen LogP contribution in [0.25, 0.3) is 0 Å². The molecule has 2 nitrogen and oxygen atoms in total. The highest BCUT2D eigenvalue weighted by molar-refractivity contribution is 6.31. The van der Waals surface area contributed by atoms with Gasteiger partial charge in [0.2, 0.25) is 0 Å². The Hall–Kier alpha value is -1.64. The maximum Gasteiger partial charge on any atom is 0.165 e. The van der Waals surface area contributed by atoms with E-state index in [1.807, 2.05) is 55.5 Å². The van der Waals surface area contributed by atoms with E-state index in [0.29, 0.717) is 13.0 Å². The molecule has 21 heavy (non-hydrogen) atoms.